The molecule has 2 aliphatic heterocycles. The number of carbonyl (C=O) groups excluding carboxylic acids is 3. The first-order chi connectivity index (χ1) is 20.4. The fourth-order valence-electron chi connectivity index (χ4n) is 6.22. The molecule has 3 aromatic rings. The van der Waals surface area contributed by atoms with Gasteiger partial charge in [0.2, 0.25) is 11.8 Å². The number of benzene rings is 3. The minimum absolute atomic E-state index is 0.0199. The van der Waals surface area contributed by atoms with Crippen LogP contribution in [0, 0.1) is 5.92 Å². The van der Waals surface area contributed by atoms with Crippen molar-refractivity contribution in [2.75, 3.05) is 18.4 Å². The van der Waals surface area contributed by atoms with Crippen molar-refractivity contribution >= 4 is 23.5 Å². The Morgan fingerprint density at radius 3 is 2.33 bits per heavy atom. The maximum absolute atomic E-state index is 13.5. The average Bonchev–Trinajstić information content (AvgIpc) is 3.28. The van der Waals surface area contributed by atoms with Gasteiger partial charge in [-0.05, 0) is 60.8 Å². The van der Waals surface area contributed by atoms with E-state index in [1.807, 2.05) is 77.7 Å². The quantitative estimate of drug-likeness (QED) is 0.266. The summed E-state index contributed by atoms with van der Waals surface area (Å²) in [6, 6.07) is 27.8. The van der Waals surface area contributed by atoms with E-state index < -0.39 is 5.60 Å². The molecular formula is C36H40N2O4. The molecule has 0 spiro atoms. The van der Waals surface area contributed by atoms with Crippen molar-refractivity contribution in [2.24, 2.45) is 5.92 Å². The number of hydrogen-bond acceptors (Lipinski definition) is 4. The van der Waals surface area contributed by atoms with Gasteiger partial charge in [0.25, 0.3) is 0 Å². The molecule has 0 saturated carbocycles. The van der Waals surface area contributed by atoms with Crippen LogP contribution in [0.4, 0.5) is 5.69 Å². The van der Waals surface area contributed by atoms with Crippen molar-refractivity contribution in [3.63, 3.8) is 0 Å². The van der Waals surface area contributed by atoms with Crippen molar-refractivity contribution in [3.8, 4) is 0 Å². The molecule has 0 bridgehead atoms. The van der Waals surface area contributed by atoms with Crippen LogP contribution in [0.3, 0.4) is 0 Å². The summed E-state index contributed by atoms with van der Waals surface area (Å²) in [6.07, 6.45) is 4.08. The summed E-state index contributed by atoms with van der Waals surface area (Å²) in [5.74, 6) is 0.0564. The van der Waals surface area contributed by atoms with Gasteiger partial charge < -0.3 is 15.0 Å². The summed E-state index contributed by atoms with van der Waals surface area (Å²) in [4.78, 5) is 41.1. The molecule has 1 unspecified atom stereocenters. The van der Waals surface area contributed by atoms with Crippen LogP contribution in [0.1, 0.15) is 62.6 Å². The summed E-state index contributed by atoms with van der Waals surface area (Å²) in [6.45, 7) is 5.14. The lowest BCUT2D eigenvalue weighted by molar-refractivity contribution is -0.149. The van der Waals surface area contributed by atoms with Gasteiger partial charge in [0.05, 0.1) is 0 Å². The molecule has 6 nitrogen and oxygen atoms in total. The second kappa shape index (κ2) is 13.2. The highest BCUT2D eigenvalue weighted by molar-refractivity contribution is 5.94. The molecule has 2 heterocycles. The minimum Gasteiger partial charge on any atom is -0.446 e. The Morgan fingerprint density at radius 1 is 0.905 bits per heavy atom. The molecule has 0 aromatic heterocycles. The van der Waals surface area contributed by atoms with Crippen LogP contribution >= 0.6 is 0 Å². The summed E-state index contributed by atoms with van der Waals surface area (Å²) in [7, 11) is 0. The maximum atomic E-state index is 13.5. The number of anilines is 1. The van der Waals surface area contributed by atoms with Gasteiger partial charge >= 0.3 is 5.97 Å². The van der Waals surface area contributed by atoms with Gasteiger partial charge in [-0.1, -0.05) is 92.7 Å². The highest BCUT2D eigenvalue weighted by Crippen LogP contribution is 2.48. The fraction of sp³-hybridized carbons (Fsp3) is 0.361. The molecule has 0 radical (unpaired) electrons. The van der Waals surface area contributed by atoms with Crippen molar-refractivity contribution in [3.05, 3.63) is 113 Å². The van der Waals surface area contributed by atoms with Crippen molar-refractivity contribution in [2.45, 2.75) is 64.4 Å². The number of cyclic esters (lactones) is 1. The summed E-state index contributed by atoms with van der Waals surface area (Å²) >= 11 is 0. The second-order valence-corrected chi connectivity index (χ2v) is 11.7. The van der Waals surface area contributed by atoms with Gasteiger partial charge in [0.15, 0.2) is 5.60 Å². The zero-order valence-corrected chi connectivity index (χ0v) is 24.6. The zero-order valence-electron chi connectivity index (χ0n) is 24.6. The third-order valence-electron chi connectivity index (χ3n) is 8.25. The molecule has 42 heavy (non-hydrogen) atoms. The van der Waals surface area contributed by atoms with Gasteiger partial charge in [-0.25, -0.2) is 4.79 Å². The number of hydrogen-bond donors (Lipinski definition) is 1. The van der Waals surface area contributed by atoms with E-state index in [2.05, 4.69) is 31.3 Å². The maximum Gasteiger partial charge on any atom is 0.335 e. The Hall–Kier alpha value is -4.19. The molecule has 218 valence electrons. The van der Waals surface area contributed by atoms with Crippen LogP contribution in [0.5, 0.6) is 0 Å². The third kappa shape index (κ3) is 6.64. The van der Waals surface area contributed by atoms with Crippen LogP contribution in [0.15, 0.2) is 96.1 Å². The Morgan fingerprint density at radius 2 is 1.60 bits per heavy atom. The van der Waals surface area contributed by atoms with E-state index in [4.69, 9.17) is 4.74 Å². The Balaban J connectivity index is 1.22. The number of para-hydroxylation sites is 1. The monoisotopic (exact) mass is 564 g/mol. The minimum atomic E-state index is -0.835. The lowest BCUT2D eigenvalue weighted by Crippen LogP contribution is -2.42. The number of carbonyl (C=O) groups is 3. The molecular weight excluding hydrogens is 524 g/mol. The molecule has 0 saturated heterocycles. The molecule has 3 aromatic carbocycles. The first-order valence-electron chi connectivity index (χ1n) is 15.1. The number of nitrogens with zero attached hydrogens (tertiary/aromatic N) is 1. The molecule has 6 heteroatoms. The first kappa shape index (κ1) is 29.3. The van der Waals surface area contributed by atoms with Crippen molar-refractivity contribution < 1.29 is 19.1 Å². The molecule has 2 aliphatic rings. The van der Waals surface area contributed by atoms with Crippen molar-refractivity contribution in [1.29, 1.82) is 0 Å². The zero-order chi connectivity index (χ0) is 29.5. The van der Waals surface area contributed by atoms with E-state index in [0.29, 0.717) is 51.1 Å². The standard InChI is InChI=1S/C36H40N2O4/c1-26(2)24-36(29-16-7-4-8-17-29)31-25-38(23-22-30(31)35(41)42-36)34(40)21-20-28-15-9-10-18-32(28)37-33(39)19-11-14-27-12-5-3-6-13-27/h3-10,12-13,15-18,26H,11,14,19-25H2,1-2H3,(H,37,39). The Labute approximate surface area is 248 Å². The van der Waals surface area contributed by atoms with Crippen LogP contribution in [-0.2, 0) is 37.6 Å². The molecule has 5 rings (SSSR count). The lowest BCUT2D eigenvalue weighted by atomic mass is 9.77. The third-order valence-corrected chi connectivity index (χ3v) is 8.25. The predicted molar refractivity (Wildman–Crippen MR) is 165 cm³/mol. The van der Waals surface area contributed by atoms with Crippen LogP contribution < -0.4 is 5.32 Å². The number of esters is 1. The number of rotatable bonds is 11. The summed E-state index contributed by atoms with van der Waals surface area (Å²) in [5, 5.41) is 3.06. The van der Waals surface area contributed by atoms with Gasteiger partial charge in [0.1, 0.15) is 0 Å². The van der Waals surface area contributed by atoms with Gasteiger partial charge in [-0.3, -0.25) is 9.59 Å². The summed E-state index contributed by atoms with van der Waals surface area (Å²) in [5.41, 5.74) is 4.70. The molecule has 0 aliphatic carbocycles. The second-order valence-electron chi connectivity index (χ2n) is 11.7. The van der Waals surface area contributed by atoms with Crippen molar-refractivity contribution in [1.82, 2.24) is 4.90 Å². The molecule has 0 fully saturated rings. The number of amides is 2. The Bertz CT molecular complexity index is 1450. The molecule has 1 N–H and O–H groups in total. The van der Waals surface area contributed by atoms with Gasteiger partial charge in [0, 0.05) is 42.8 Å². The number of aryl methyl sites for hydroxylation is 2. The normalized spacial score (nSPS) is 18.2. The predicted octanol–water partition coefficient (Wildman–Crippen LogP) is 6.61. The number of nitrogens with one attached hydrogen (secondary N) is 1. The van der Waals surface area contributed by atoms with Gasteiger partial charge in [-0.2, -0.15) is 0 Å². The topological polar surface area (TPSA) is 75.7 Å². The average molecular weight is 565 g/mol. The van der Waals surface area contributed by atoms with E-state index in [0.717, 1.165) is 40.8 Å². The fourth-order valence-corrected chi connectivity index (χ4v) is 6.22. The van der Waals surface area contributed by atoms with Crippen LogP contribution in [-0.4, -0.2) is 35.8 Å². The molecule has 1 atom stereocenters. The largest absolute Gasteiger partial charge is 0.446 e. The smallest absolute Gasteiger partial charge is 0.335 e. The highest BCUT2D eigenvalue weighted by atomic mass is 16.6. The summed E-state index contributed by atoms with van der Waals surface area (Å²) < 4.78 is 6.16. The van der Waals surface area contributed by atoms with E-state index in [9.17, 15) is 14.4 Å². The number of ether oxygens (including phenoxy) is 1. The van der Waals surface area contributed by atoms with E-state index in [1.54, 1.807) is 0 Å². The SMILES string of the molecule is CC(C)CC1(c2ccccc2)OC(=O)C2=C1CN(C(=O)CCc1ccccc1NC(=O)CCCc1ccccc1)CC2. The highest BCUT2D eigenvalue weighted by Gasteiger charge is 2.50. The lowest BCUT2D eigenvalue weighted by Gasteiger charge is -2.37. The van der Waals surface area contributed by atoms with Crippen LogP contribution in [0.25, 0.3) is 0 Å². The Kier molecular flexibility index (Phi) is 9.21. The first-order valence-corrected chi connectivity index (χ1v) is 15.1. The van der Waals surface area contributed by atoms with E-state index >= 15 is 0 Å². The van der Waals surface area contributed by atoms with Crippen LogP contribution in [0.2, 0.25) is 0 Å². The molecule has 2 amide bonds. The van der Waals surface area contributed by atoms with Gasteiger partial charge in [-0.15, -0.1) is 0 Å². The van der Waals surface area contributed by atoms with E-state index in [1.165, 1.54) is 5.56 Å². The van der Waals surface area contributed by atoms with E-state index in [-0.39, 0.29) is 17.8 Å².